The van der Waals surface area contributed by atoms with Crippen LogP contribution in [0.15, 0.2) is 0 Å². The van der Waals surface area contributed by atoms with E-state index in [0.717, 1.165) is 25.9 Å². The van der Waals surface area contributed by atoms with Gasteiger partial charge < -0.3 is 15.4 Å². The van der Waals surface area contributed by atoms with Gasteiger partial charge in [0.25, 0.3) is 5.92 Å². The van der Waals surface area contributed by atoms with Crippen molar-refractivity contribution in [2.75, 3.05) is 13.1 Å². The Balaban J connectivity index is 1.64. The van der Waals surface area contributed by atoms with E-state index in [-0.39, 0.29) is 12.5 Å². The summed E-state index contributed by atoms with van der Waals surface area (Å²) in [6.45, 7) is 6.52. The van der Waals surface area contributed by atoms with Crippen LogP contribution in [0.25, 0.3) is 0 Å². The van der Waals surface area contributed by atoms with Crippen LogP contribution < -0.4 is 5.73 Å². The summed E-state index contributed by atoms with van der Waals surface area (Å²) < 4.78 is 33.7. The van der Waals surface area contributed by atoms with Crippen LogP contribution in [0, 0.1) is 11.8 Å². The van der Waals surface area contributed by atoms with Crippen LogP contribution in [0.1, 0.15) is 46.0 Å². The molecule has 0 aromatic heterocycles. The number of hydrogen-bond donors (Lipinski definition) is 1. The number of rotatable bonds is 3. The molecule has 5 atom stereocenters. The average molecular weight is 302 g/mol. The average Bonchev–Trinajstić information content (AvgIpc) is 2.65. The lowest BCUT2D eigenvalue weighted by Crippen LogP contribution is -2.56. The molecule has 2 saturated carbocycles. The molecule has 3 rings (SSSR count). The van der Waals surface area contributed by atoms with E-state index in [0.29, 0.717) is 30.7 Å². The Morgan fingerprint density at radius 3 is 2.33 bits per heavy atom. The Kier molecular flexibility index (Phi) is 4.27. The number of fused-ring (bicyclic) bond motifs is 2. The fourth-order valence-corrected chi connectivity index (χ4v) is 4.36. The molecule has 1 heterocycles. The third-order valence-corrected chi connectivity index (χ3v) is 5.72. The highest BCUT2D eigenvalue weighted by molar-refractivity contribution is 4.98. The Morgan fingerprint density at radius 1 is 1.14 bits per heavy atom. The Hall–Kier alpha value is -0.260. The maximum atomic E-state index is 13.8. The molecule has 0 radical (unpaired) electrons. The van der Waals surface area contributed by atoms with Crippen LogP contribution in [-0.4, -0.2) is 48.2 Å². The number of alkyl halides is 2. The van der Waals surface area contributed by atoms with E-state index in [1.54, 1.807) is 0 Å². The van der Waals surface area contributed by atoms with Crippen molar-refractivity contribution in [3.63, 3.8) is 0 Å². The summed E-state index contributed by atoms with van der Waals surface area (Å²) in [7, 11) is 0. The lowest BCUT2D eigenvalue weighted by Gasteiger charge is -2.43. The van der Waals surface area contributed by atoms with E-state index < -0.39 is 18.1 Å². The molecule has 2 aliphatic carbocycles. The Labute approximate surface area is 126 Å². The minimum Gasteiger partial charge on any atom is -0.372 e. The number of ether oxygens (including phenoxy) is 1. The first-order chi connectivity index (χ1) is 9.88. The van der Waals surface area contributed by atoms with Crippen molar-refractivity contribution in [2.45, 2.75) is 76.2 Å². The first-order valence-electron chi connectivity index (χ1n) is 8.41. The summed E-state index contributed by atoms with van der Waals surface area (Å²) in [5.41, 5.74) is 5.78. The van der Waals surface area contributed by atoms with Gasteiger partial charge in [-0.1, -0.05) is 0 Å². The number of nitrogens with two attached hydrogens (primary N) is 1. The normalized spacial score (nSPS) is 43.4. The molecule has 1 aliphatic heterocycles. The van der Waals surface area contributed by atoms with Crippen molar-refractivity contribution in [3.8, 4) is 0 Å². The fraction of sp³-hybridized carbons (Fsp3) is 1.00. The van der Waals surface area contributed by atoms with E-state index in [1.807, 2.05) is 0 Å². The molecule has 0 spiro atoms. The van der Waals surface area contributed by atoms with Gasteiger partial charge in [-0.2, -0.15) is 0 Å². The van der Waals surface area contributed by atoms with Gasteiger partial charge in [0.05, 0.1) is 18.2 Å². The summed E-state index contributed by atoms with van der Waals surface area (Å²) in [6, 6.07) is -0.580. The van der Waals surface area contributed by atoms with Crippen molar-refractivity contribution < 1.29 is 13.5 Å². The van der Waals surface area contributed by atoms with Gasteiger partial charge in [0.2, 0.25) is 0 Å². The predicted molar refractivity (Wildman–Crippen MR) is 78.4 cm³/mol. The van der Waals surface area contributed by atoms with Crippen LogP contribution in [0.3, 0.4) is 0 Å². The number of piperidine rings is 1. The van der Waals surface area contributed by atoms with Crippen molar-refractivity contribution in [3.05, 3.63) is 0 Å². The molecule has 5 heteroatoms. The number of halogens is 2. The third-order valence-electron chi connectivity index (χ3n) is 5.72. The molecule has 2 N–H and O–H groups in total. The molecular formula is C16H28F2N2O. The number of nitrogens with zero attached hydrogens (tertiary/aromatic N) is 1. The van der Waals surface area contributed by atoms with Gasteiger partial charge in [0.1, 0.15) is 0 Å². The second kappa shape index (κ2) is 5.74. The number of hydrogen-bond acceptors (Lipinski definition) is 3. The van der Waals surface area contributed by atoms with E-state index in [1.165, 1.54) is 0 Å². The standard InChI is InChI=1S/C16H28F2N2O/c1-10(2)20-8-11-5-6-12(9-20)14(11)21-13-4-3-7-16(17,18)15(13)19/h10-15H,3-9,19H2,1-2H3/t11-,12?,13+,14-,15-/m1/s1. The molecule has 2 bridgehead atoms. The zero-order valence-electron chi connectivity index (χ0n) is 13.1. The van der Waals surface area contributed by atoms with Gasteiger partial charge in [-0.25, -0.2) is 8.78 Å². The Morgan fingerprint density at radius 2 is 1.76 bits per heavy atom. The molecule has 122 valence electrons. The van der Waals surface area contributed by atoms with Crippen LogP contribution in [-0.2, 0) is 4.74 Å². The quantitative estimate of drug-likeness (QED) is 0.871. The topological polar surface area (TPSA) is 38.5 Å². The van der Waals surface area contributed by atoms with E-state index in [2.05, 4.69) is 18.7 Å². The molecule has 1 unspecified atom stereocenters. The highest BCUT2D eigenvalue weighted by Crippen LogP contribution is 2.42. The zero-order valence-corrected chi connectivity index (χ0v) is 13.1. The van der Waals surface area contributed by atoms with Crippen molar-refractivity contribution in [1.29, 1.82) is 0 Å². The highest BCUT2D eigenvalue weighted by atomic mass is 19.3. The molecule has 1 saturated heterocycles. The molecule has 0 aromatic carbocycles. The number of likely N-dealkylation sites (tertiary alicyclic amines) is 1. The molecule has 0 amide bonds. The first-order valence-corrected chi connectivity index (χ1v) is 8.41. The largest absolute Gasteiger partial charge is 0.372 e. The van der Waals surface area contributed by atoms with E-state index in [9.17, 15) is 8.78 Å². The first kappa shape index (κ1) is 15.6. The van der Waals surface area contributed by atoms with Crippen molar-refractivity contribution in [2.24, 2.45) is 17.6 Å². The van der Waals surface area contributed by atoms with E-state index in [4.69, 9.17) is 10.5 Å². The van der Waals surface area contributed by atoms with Crippen molar-refractivity contribution >= 4 is 0 Å². The SMILES string of the molecule is CC(C)N1CC2CC[C@H](C1)[C@H]2O[C@H]1CCCC(F)(F)[C@@H]1N. The minimum atomic E-state index is -2.76. The maximum absolute atomic E-state index is 13.8. The predicted octanol–water partition coefficient (Wildman–Crippen LogP) is 2.64. The van der Waals surface area contributed by atoms with Gasteiger partial charge in [0.15, 0.2) is 0 Å². The van der Waals surface area contributed by atoms with Gasteiger partial charge >= 0.3 is 0 Å². The van der Waals surface area contributed by atoms with Crippen LogP contribution in [0.4, 0.5) is 8.78 Å². The van der Waals surface area contributed by atoms with Gasteiger partial charge in [0, 0.05) is 25.6 Å². The van der Waals surface area contributed by atoms with Crippen LogP contribution in [0.2, 0.25) is 0 Å². The fourth-order valence-electron chi connectivity index (χ4n) is 4.36. The molecule has 21 heavy (non-hydrogen) atoms. The molecule has 0 aromatic rings. The third kappa shape index (κ3) is 2.97. The smallest absolute Gasteiger partial charge is 0.265 e. The van der Waals surface area contributed by atoms with Gasteiger partial charge in [-0.05, 0) is 51.4 Å². The van der Waals surface area contributed by atoms with Crippen LogP contribution in [0.5, 0.6) is 0 Å². The monoisotopic (exact) mass is 302 g/mol. The van der Waals surface area contributed by atoms with Gasteiger partial charge in [-0.3, -0.25) is 0 Å². The van der Waals surface area contributed by atoms with Crippen LogP contribution >= 0.6 is 0 Å². The summed E-state index contributed by atoms with van der Waals surface area (Å²) in [6.07, 6.45) is 3.12. The lowest BCUT2D eigenvalue weighted by molar-refractivity contribution is -0.155. The zero-order chi connectivity index (χ0) is 15.2. The second-order valence-corrected chi connectivity index (χ2v) is 7.46. The molecule has 3 aliphatic rings. The summed E-state index contributed by atoms with van der Waals surface area (Å²) in [5.74, 6) is -1.77. The van der Waals surface area contributed by atoms with Crippen molar-refractivity contribution in [1.82, 2.24) is 4.90 Å². The Bertz CT molecular complexity index is 363. The molecule has 3 fully saturated rings. The van der Waals surface area contributed by atoms with Gasteiger partial charge in [-0.15, -0.1) is 0 Å². The summed E-state index contributed by atoms with van der Waals surface area (Å²) >= 11 is 0. The maximum Gasteiger partial charge on any atom is 0.265 e. The molecule has 3 nitrogen and oxygen atoms in total. The highest BCUT2D eigenvalue weighted by Gasteiger charge is 2.49. The minimum absolute atomic E-state index is 0.0906. The second-order valence-electron chi connectivity index (χ2n) is 7.46. The summed E-state index contributed by atoms with van der Waals surface area (Å²) in [4.78, 5) is 2.50. The lowest BCUT2D eigenvalue weighted by atomic mass is 9.88. The molecular weight excluding hydrogens is 274 g/mol. The summed E-state index contributed by atoms with van der Waals surface area (Å²) in [5, 5.41) is 0. The van der Waals surface area contributed by atoms with E-state index >= 15 is 0 Å².